The summed E-state index contributed by atoms with van der Waals surface area (Å²) in [4.78, 5) is 52.7. The number of benzene rings is 4. The highest BCUT2D eigenvalue weighted by Crippen LogP contribution is 2.48. The van der Waals surface area contributed by atoms with E-state index < -0.39 is 23.3 Å². The van der Waals surface area contributed by atoms with Crippen molar-refractivity contribution in [3.63, 3.8) is 0 Å². The van der Waals surface area contributed by atoms with Crippen LogP contribution in [0.25, 0.3) is 90.4 Å². The number of nitrogens with one attached hydrogen (secondary N) is 3. The number of nitrogens with two attached hydrogens (primary N) is 1. The fraction of sp³-hybridized carbons (Fsp3) is 0.287. The van der Waals surface area contributed by atoms with E-state index in [4.69, 9.17) is 47.2 Å². The van der Waals surface area contributed by atoms with Crippen molar-refractivity contribution in [3.05, 3.63) is 313 Å². The number of hydrogen-bond donors (Lipinski definition) is 4. The first-order valence-electron chi connectivity index (χ1n) is 44.5. The van der Waals surface area contributed by atoms with Crippen LogP contribution in [0.1, 0.15) is 197 Å². The number of fused-ring (bicyclic) bond motifs is 12. The summed E-state index contributed by atoms with van der Waals surface area (Å²) in [7, 11) is 0. The van der Waals surface area contributed by atoms with Crippen molar-refractivity contribution in [2.24, 2.45) is 5.73 Å². The molecule has 8 aliphatic rings. The number of anilines is 3. The van der Waals surface area contributed by atoms with E-state index in [0.29, 0.717) is 75.1 Å². The summed E-state index contributed by atoms with van der Waals surface area (Å²) in [5.41, 5.74) is 38.4. The van der Waals surface area contributed by atoms with Gasteiger partial charge in [-0.2, -0.15) is 62.3 Å². The Morgan fingerprint density at radius 2 is 0.598 bits per heavy atom. The highest BCUT2D eigenvalue weighted by Gasteiger charge is 2.37. The van der Waals surface area contributed by atoms with Gasteiger partial charge in [0.2, 0.25) is 23.1 Å². The molecule has 12 heterocycles. The fourth-order valence-electron chi connectivity index (χ4n) is 19.2. The van der Waals surface area contributed by atoms with Crippen LogP contribution in [0.4, 0.5) is 39.3 Å². The second-order valence-corrected chi connectivity index (χ2v) is 36.3. The maximum atomic E-state index is 13.8. The highest BCUT2D eigenvalue weighted by atomic mass is 35.5. The average Bonchev–Trinajstić information content (AvgIpc) is 1.57. The SMILES string of the molecule is CC(C)c1cnn2c(Cl)nc(-c3cncc(F)c3)nc12.CC(C)c1cnn2c(NC3CC4=C(C3)c3ccccc3C4)nc(-c3cncc(F)c3)nc12.CC(C)c1cnn2c(N[C@@H]3CC4=C(C3)c3ccccc3C4)nc(-c3cncc(F)c3)nc12.CC(C)c1cnn2c(N[C@H]3CC4=C(C3)c3ccccc3C4)nc(-c3cncc(F)c3)nc12.CSF.NC1CC2=C(C1)c1ccccc1C2. The van der Waals surface area contributed by atoms with Crippen LogP contribution in [-0.2, 0) is 25.7 Å². The largest absolute Gasteiger partial charge is 0.351 e. The van der Waals surface area contributed by atoms with Gasteiger partial charge < -0.3 is 21.7 Å². The van der Waals surface area contributed by atoms with Crippen LogP contribution >= 0.6 is 23.7 Å². The first kappa shape index (κ1) is 87.6. The predicted octanol–water partition coefficient (Wildman–Crippen LogP) is 21.6. The van der Waals surface area contributed by atoms with E-state index in [2.05, 4.69) is 205 Å². The lowest BCUT2D eigenvalue weighted by atomic mass is 10.0. The number of nitrogens with zero attached hydrogens (tertiary/aromatic N) is 20. The molecular weight excluding hydrogens is 1710 g/mol. The van der Waals surface area contributed by atoms with E-state index >= 15 is 0 Å². The van der Waals surface area contributed by atoms with E-state index in [1.54, 1.807) is 49.5 Å². The van der Waals surface area contributed by atoms with Crippen LogP contribution in [0.15, 0.2) is 218 Å². The molecule has 24 rings (SSSR count). The summed E-state index contributed by atoms with van der Waals surface area (Å²) in [6.45, 7) is 16.7. The summed E-state index contributed by atoms with van der Waals surface area (Å²) in [6.07, 6.45) is 31.8. The molecule has 0 radical (unpaired) electrons. The van der Waals surface area contributed by atoms with Gasteiger partial charge in [0.15, 0.2) is 45.9 Å². The fourth-order valence-corrected chi connectivity index (χ4v) is 19.4. The third-order valence-electron chi connectivity index (χ3n) is 25.4. The first-order chi connectivity index (χ1) is 64.0. The molecule has 16 aromatic rings. The molecule has 0 aliphatic heterocycles. The lowest BCUT2D eigenvalue weighted by Gasteiger charge is -2.17. The van der Waals surface area contributed by atoms with Crippen molar-refractivity contribution in [2.75, 3.05) is 22.2 Å². The first-order valence-corrected chi connectivity index (χ1v) is 46.0. The topological polar surface area (TPSA) is 286 Å². The highest BCUT2D eigenvalue weighted by molar-refractivity contribution is 7.93. The second kappa shape index (κ2) is 37.3. The van der Waals surface area contributed by atoms with Crippen LogP contribution in [0.3, 0.4) is 0 Å². The van der Waals surface area contributed by atoms with Gasteiger partial charge in [-0.05, 0) is 203 Å². The molecule has 8 aliphatic carbocycles. The minimum Gasteiger partial charge on any atom is -0.351 e. The normalized spacial score (nSPS) is 16.9. The van der Waals surface area contributed by atoms with Gasteiger partial charge in [-0.3, -0.25) is 19.9 Å². The molecule has 24 nitrogen and oxygen atoms in total. The number of hydrogen-bond acceptors (Lipinski definition) is 21. The Kier molecular flexibility index (Phi) is 24.7. The Morgan fingerprint density at radius 1 is 0.341 bits per heavy atom. The van der Waals surface area contributed by atoms with Gasteiger partial charge in [-0.1, -0.05) is 175 Å². The third kappa shape index (κ3) is 17.8. The summed E-state index contributed by atoms with van der Waals surface area (Å²) in [6, 6.07) is 41.4. The molecule has 0 saturated heterocycles. The molecule has 2 unspecified atom stereocenters. The molecular formula is C101H96ClF5N24S. The van der Waals surface area contributed by atoms with Gasteiger partial charge in [0, 0.05) is 112 Å². The van der Waals surface area contributed by atoms with Crippen molar-refractivity contribution in [1.29, 1.82) is 0 Å². The van der Waals surface area contributed by atoms with Crippen molar-refractivity contribution in [3.8, 4) is 45.6 Å². The van der Waals surface area contributed by atoms with Crippen LogP contribution in [-0.4, -0.2) is 129 Å². The number of pyridine rings is 4. The summed E-state index contributed by atoms with van der Waals surface area (Å²) >= 11 is 6.36. The van der Waals surface area contributed by atoms with Crippen LogP contribution in [0, 0.1) is 23.3 Å². The number of halogens is 6. The zero-order chi connectivity index (χ0) is 91.3. The lowest BCUT2D eigenvalue weighted by molar-refractivity contribution is 0.621. The molecule has 668 valence electrons. The molecule has 0 amide bonds. The molecule has 132 heavy (non-hydrogen) atoms. The van der Waals surface area contributed by atoms with E-state index in [1.165, 1.54) is 138 Å². The zero-order valence-electron chi connectivity index (χ0n) is 74.3. The molecule has 0 saturated carbocycles. The van der Waals surface area contributed by atoms with E-state index in [9.17, 15) is 21.4 Å². The second-order valence-electron chi connectivity index (χ2n) is 35.7. The Morgan fingerprint density at radius 3 is 0.886 bits per heavy atom. The van der Waals surface area contributed by atoms with Crippen molar-refractivity contribution in [1.82, 2.24) is 98.3 Å². The molecule has 0 bridgehead atoms. The Bertz CT molecular complexity index is 6770. The minimum atomic E-state index is -0.445. The van der Waals surface area contributed by atoms with Crippen LogP contribution in [0.5, 0.6) is 0 Å². The number of aromatic nitrogens is 20. The van der Waals surface area contributed by atoms with Gasteiger partial charge in [0.25, 0.3) is 0 Å². The van der Waals surface area contributed by atoms with E-state index in [0.717, 1.165) is 122 Å². The monoisotopic (exact) mass is 1810 g/mol. The average molecular weight is 1810 g/mol. The Hall–Kier alpha value is -13.7. The van der Waals surface area contributed by atoms with Gasteiger partial charge >= 0.3 is 0 Å². The molecule has 4 atom stereocenters. The summed E-state index contributed by atoms with van der Waals surface area (Å²) in [5.74, 6) is 2.87. The zero-order valence-corrected chi connectivity index (χ0v) is 75.8. The van der Waals surface area contributed by atoms with Gasteiger partial charge in [0.1, 0.15) is 23.3 Å². The van der Waals surface area contributed by atoms with Crippen molar-refractivity contribution in [2.45, 2.75) is 180 Å². The standard InChI is InChI=1S/3C25H23FN6.C13H11ClFN5.C12H13N.CH3FS/c3*1-14(2)22-13-28-32-24(22)30-23(17-8-18(26)12-27-11-17)31-25(32)29-19-9-16-7-15-5-3-4-6-20(15)21(16)10-19;1-7(2)10-6-17-20-12(10)18-11(19-13(20)14)8-3-9(15)5-16-4-8;13-10-6-9-5-8-3-1-2-4-11(8)12(9)7-10;1-3-2/h3*3-6,8,11-14,19H,7,9-10H2,1-2H3,(H,29,30,31);3-7H,1-2H3;1-4,10H,5-7,13H2;1H3/t2*19-;;;;/m10..../s1. The lowest BCUT2D eigenvalue weighted by Crippen LogP contribution is -2.21. The maximum absolute atomic E-state index is 13.8. The Balaban J connectivity index is 0.000000109. The number of rotatable bonds is 14. The Labute approximate surface area is 768 Å². The van der Waals surface area contributed by atoms with Gasteiger partial charge in [0.05, 0.1) is 49.6 Å². The summed E-state index contributed by atoms with van der Waals surface area (Å²) in [5, 5.41) is 28.9. The molecule has 5 N–H and O–H groups in total. The predicted molar refractivity (Wildman–Crippen MR) is 507 cm³/mol. The van der Waals surface area contributed by atoms with E-state index in [1.807, 2.05) is 32.4 Å². The quantitative estimate of drug-likeness (QED) is 0.0736. The van der Waals surface area contributed by atoms with Crippen LogP contribution < -0.4 is 21.7 Å². The molecule has 0 spiro atoms. The molecule has 31 heteroatoms. The van der Waals surface area contributed by atoms with Gasteiger partial charge in [-0.25, -0.2) is 37.5 Å². The van der Waals surface area contributed by atoms with Crippen molar-refractivity contribution < 1.29 is 21.4 Å². The van der Waals surface area contributed by atoms with Crippen LogP contribution in [0.2, 0.25) is 5.28 Å². The van der Waals surface area contributed by atoms with Crippen molar-refractivity contribution >= 4 is 86.5 Å². The minimum absolute atomic E-state index is 0.182. The van der Waals surface area contributed by atoms with E-state index in [-0.39, 0.29) is 59.2 Å². The summed E-state index contributed by atoms with van der Waals surface area (Å²) < 4.78 is 71.7. The maximum Gasteiger partial charge on any atom is 0.228 e. The molecule has 4 aromatic carbocycles. The molecule has 12 aromatic heterocycles. The third-order valence-corrected chi connectivity index (χ3v) is 25.6. The molecule has 0 fully saturated rings. The van der Waals surface area contributed by atoms with Gasteiger partial charge in [-0.15, -0.1) is 0 Å². The smallest absolute Gasteiger partial charge is 0.228 e.